The van der Waals surface area contributed by atoms with E-state index in [9.17, 15) is 13.2 Å². The van der Waals surface area contributed by atoms with Gasteiger partial charge in [0.05, 0.1) is 48.0 Å². The van der Waals surface area contributed by atoms with Crippen molar-refractivity contribution in [2.45, 2.75) is 11.8 Å². The van der Waals surface area contributed by atoms with Crippen molar-refractivity contribution in [2.24, 2.45) is 5.10 Å². The van der Waals surface area contributed by atoms with Gasteiger partial charge in [-0.15, -0.1) is 0 Å². The average Bonchev–Trinajstić information content (AvgIpc) is 3.25. The number of ether oxygens (including phenoxy) is 2. The lowest BCUT2D eigenvalue weighted by Gasteiger charge is -2.25. The molecule has 0 saturated heterocycles. The molecule has 1 heterocycles. The third-order valence-electron chi connectivity index (χ3n) is 5.78. The maximum Gasteiger partial charge on any atom is 0.264 e. The van der Waals surface area contributed by atoms with Gasteiger partial charge in [0.1, 0.15) is 18.0 Å². The summed E-state index contributed by atoms with van der Waals surface area (Å²) in [5.41, 5.74) is 4.57. The standard InChI is InChI=1S/C27H26ClN5O5S/c1-19-23(27(28)31-33(19)20-10-6-4-7-11-20)17-29-30-26(34)18-32(39(35,36)22-12-8-5-9-13-22)24-15-14-21(37-2)16-25(24)38-3/h4-17H,18H2,1-3H3,(H,30,34)/b29-17-. The molecule has 0 bridgehead atoms. The second kappa shape index (κ2) is 12.0. The molecule has 0 atom stereocenters. The number of carbonyl (C=O) groups excluding carboxylic acids is 1. The maximum atomic E-state index is 13.6. The lowest BCUT2D eigenvalue weighted by Crippen LogP contribution is -2.39. The average molecular weight is 568 g/mol. The fourth-order valence-corrected chi connectivity index (χ4v) is 5.51. The highest BCUT2D eigenvalue weighted by Gasteiger charge is 2.29. The number of benzene rings is 3. The van der Waals surface area contributed by atoms with Crippen molar-refractivity contribution in [2.75, 3.05) is 25.1 Å². The van der Waals surface area contributed by atoms with Crippen LogP contribution in [-0.4, -0.2) is 51.1 Å². The van der Waals surface area contributed by atoms with Crippen LogP contribution in [0.5, 0.6) is 11.5 Å². The fraction of sp³-hybridized carbons (Fsp3) is 0.148. The number of hydrogen-bond donors (Lipinski definition) is 1. The lowest BCUT2D eigenvalue weighted by molar-refractivity contribution is -0.119. The molecule has 202 valence electrons. The van der Waals surface area contributed by atoms with Crippen molar-refractivity contribution in [3.8, 4) is 17.2 Å². The number of anilines is 1. The Labute approximate surface area is 231 Å². The first-order valence-corrected chi connectivity index (χ1v) is 13.5. The van der Waals surface area contributed by atoms with Crippen molar-refractivity contribution < 1.29 is 22.7 Å². The van der Waals surface area contributed by atoms with E-state index in [1.54, 1.807) is 28.9 Å². The highest BCUT2D eigenvalue weighted by atomic mass is 35.5. The number of nitrogens with one attached hydrogen (secondary N) is 1. The second-order valence-corrected chi connectivity index (χ2v) is 10.4. The summed E-state index contributed by atoms with van der Waals surface area (Å²) in [5, 5.41) is 8.54. The predicted molar refractivity (Wildman–Crippen MR) is 150 cm³/mol. The topological polar surface area (TPSA) is 115 Å². The lowest BCUT2D eigenvalue weighted by atomic mass is 10.2. The third kappa shape index (κ3) is 6.05. The van der Waals surface area contributed by atoms with Crippen LogP contribution < -0.4 is 19.2 Å². The molecule has 4 rings (SSSR count). The Morgan fingerprint density at radius 1 is 1.05 bits per heavy atom. The van der Waals surface area contributed by atoms with Gasteiger partial charge in [0.25, 0.3) is 15.9 Å². The maximum absolute atomic E-state index is 13.6. The van der Waals surface area contributed by atoms with E-state index in [-0.39, 0.29) is 21.5 Å². The number of amides is 1. The van der Waals surface area contributed by atoms with Gasteiger partial charge >= 0.3 is 0 Å². The molecule has 0 saturated carbocycles. The minimum Gasteiger partial charge on any atom is -0.497 e. The molecule has 39 heavy (non-hydrogen) atoms. The van der Waals surface area contributed by atoms with Gasteiger partial charge in [-0.3, -0.25) is 9.10 Å². The number of hydrogen-bond acceptors (Lipinski definition) is 7. The van der Waals surface area contributed by atoms with E-state index in [0.717, 1.165) is 9.99 Å². The van der Waals surface area contributed by atoms with Crippen molar-refractivity contribution in [3.63, 3.8) is 0 Å². The van der Waals surface area contributed by atoms with Crippen LogP contribution in [-0.2, 0) is 14.8 Å². The smallest absolute Gasteiger partial charge is 0.264 e. The van der Waals surface area contributed by atoms with E-state index in [1.165, 1.54) is 44.7 Å². The van der Waals surface area contributed by atoms with Crippen molar-refractivity contribution in [3.05, 3.63) is 95.3 Å². The molecule has 10 nitrogen and oxygen atoms in total. The molecule has 0 radical (unpaired) electrons. The Morgan fingerprint density at radius 3 is 2.36 bits per heavy atom. The van der Waals surface area contributed by atoms with Gasteiger partial charge < -0.3 is 9.47 Å². The van der Waals surface area contributed by atoms with Gasteiger partial charge in [0.2, 0.25) is 0 Å². The summed E-state index contributed by atoms with van der Waals surface area (Å²) in [5.74, 6) is -0.0150. The molecule has 0 fully saturated rings. The van der Waals surface area contributed by atoms with Crippen molar-refractivity contribution in [1.29, 1.82) is 0 Å². The molecule has 1 N–H and O–H groups in total. The van der Waals surface area contributed by atoms with Crippen LogP contribution >= 0.6 is 11.6 Å². The zero-order valence-corrected chi connectivity index (χ0v) is 23.0. The summed E-state index contributed by atoms with van der Waals surface area (Å²) < 4.78 is 40.5. The zero-order chi connectivity index (χ0) is 28.0. The van der Waals surface area contributed by atoms with Crippen LogP contribution in [0, 0.1) is 6.92 Å². The largest absolute Gasteiger partial charge is 0.497 e. The Morgan fingerprint density at radius 2 is 1.72 bits per heavy atom. The van der Waals surface area contributed by atoms with E-state index in [4.69, 9.17) is 21.1 Å². The molecular formula is C27H26ClN5O5S. The summed E-state index contributed by atoms with van der Waals surface area (Å²) in [7, 11) is -1.27. The summed E-state index contributed by atoms with van der Waals surface area (Å²) in [4.78, 5) is 13.0. The van der Waals surface area contributed by atoms with E-state index >= 15 is 0 Å². The van der Waals surface area contributed by atoms with Crippen LogP contribution in [0.3, 0.4) is 0 Å². The van der Waals surface area contributed by atoms with Gasteiger partial charge in [-0.25, -0.2) is 18.5 Å². The van der Waals surface area contributed by atoms with Crippen LogP contribution in [0.25, 0.3) is 5.69 Å². The van der Waals surface area contributed by atoms with Crippen LogP contribution in [0.4, 0.5) is 5.69 Å². The number of aromatic nitrogens is 2. The third-order valence-corrected chi connectivity index (χ3v) is 7.83. The summed E-state index contributed by atoms with van der Waals surface area (Å²) in [6.07, 6.45) is 1.37. The second-order valence-electron chi connectivity index (χ2n) is 8.19. The molecule has 0 aliphatic rings. The van der Waals surface area contributed by atoms with Gasteiger partial charge in [-0.2, -0.15) is 10.2 Å². The van der Waals surface area contributed by atoms with Crippen molar-refractivity contribution in [1.82, 2.24) is 15.2 Å². The molecule has 0 aliphatic heterocycles. The van der Waals surface area contributed by atoms with Crippen LogP contribution in [0.1, 0.15) is 11.3 Å². The number of hydrazone groups is 1. The molecular weight excluding hydrogens is 542 g/mol. The number of rotatable bonds is 10. The van der Waals surface area contributed by atoms with Crippen molar-refractivity contribution >= 4 is 39.4 Å². The summed E-state index contributed by atoms with van der Waals surface area (Å²) in [6.45, 7) is 1.24. The Hall–Kier alpha value is -4.35. The quantitative estimate of drug-likeness (QED) is 0.227. The monoisotopic (exact) mass is 567 g/mol. The first-order chi connectivity index (χ1) is 18.8. The van der Waals surface area contributed by atoms with Gasteiger partial charge in [0, 0.05) is 6.07 Å². The van der Waals surface area contributed by atoms with Crippen LogP contribution in [0.15, 0.2) is 88.9 Å². The number of carbonyl (C=O) groups is 1. The highest BCUT2D eigenvalue weighted by Crippen LogP contribution is 2.35. The SMILES string of the molecule is COc1ccc(N(CC(=O)N/N=C\c2c(Cl)nn(-c3ccccc3)c2C)S(=O)(=O)c2ccccc2)c(OC)c1. The van der Waals surface area contributed by atoms with Gasteiger partial charge in [-0.1, -0.05) is 48.0 Å². The van der Waals surface area contributed by atoms with Gasteiger partial charge in [-0.05, 0) is 43.3 Å². The predicted octanol–water partition coefficient (Wildman–Crippen LogP) is 4.20. The molecule has 0 aliphatic carbocycles. The molecule has 1 amide bonds. The molecule has 0 unspecified atom stereocenters. The molecule has 4 aromatic rings. The number of methoxy groups -OCH3 is 2. The number of nitrogens with zero attached hydrogens (tertiary/aromatic N) is 4. The highest BCUT2D eigenvalue weighted by molar-refractivity contribution is 7.92. The minimum atomic E-state index is -4.15. The first kappa shape index (κ1) is 27.7. The van der Waals surface area contributed by atoms with E-state index in [2.05, 4.69) is 15.6 Å². The Balaban J connectivity index is 1.60. The zero-order valence-electron chi connectivity index (χ0n) is 21.4. The Kier molecular flexibility index (Phi) is 8.52. The van der Waals surface area contributed by atoms with E-state index in [0.29, 0.717) is 17.0 Å². The summed E-state index contributed by atoms with van der Waals surface area (Å²) in [6, 6.07) is 21.8. The molecule has 1 aromatic heterocycles. The molecule has 0 spiro atoms. The summed E-state index contributed by atoms with van der Waals surface area (Å²) >= 11 is 6.32. The minimum absolute atomic E-state index is 0.00917. The Bertz CT molecular complexity index is 1590. The van der Waals surface area contributed by atoms with Crippen LogP contribution in [0.2, 0.25) is 5.15 Å². The fourth-order valence-electron chi connectivity index (χ4n) is 3.79. The number of sulfonamides is 1. The number of para-hydroxylation sites is 1. The normalized spacial score (nSPS) is 11.4. The number of halogens is 1. The van der Waals surface area contributed by atoms with E-state index in [1.807, 2.05) is 37.3 Å². The molecule has 12 heteroatoms. The van der Waals surface area contributed by atoms with E-state index < -0.39 is 22.5 Å². The molecule has 3 aromatic carbocycles. The van der Waals surface area contributed by atoms with Gasteiger partial charge in [0.15, 0.2) is 5.15 Å². The first-order valence-electron chi connectivity index (χ1n) is 11.7.